The van der Waals surface area contributed by atoms with Crippen molar-refractivity contribution in [2.45, 2.75) is 32.4 Å². The normalized spacial score (nSPS) is 22.4. The molecule has 1 fully saturated rings. The van der Waals surface area contributed by atoms with Crippen molar-refractivity contribution in [1.82, 2.24) is 0 Å². The number of anilines is 2. The van der Waals surface area contributed by atoms with Gasteiger partial charge in [0.2, 0.25) is 0 Å². The van der Waals surface area contributed by atoms with Gasteiger partial charge in [-0.25, -0.2) is 5.06 Å². The standard InChI is InChI=1S/C22H25N3O3/c1-22(2)20-14-17-18(6-5-7-19(17)25(26)27)24(20)28-21(22)13-10-15-8-11-16(12-9-15)23(3)4/h5-13,20-21H,14H2,1-4H3. The van der Waals surface area contributed by atoms with Gasteiger partial charge in [0.1, 0.15) is 6.10 Å². The van der Waals surface area contributed by atoms with Crippen molar-refractivity contribution in [3.05, 3.63) is 69.8 Å². The number of fused-ring (bicyclic) bond motifs is 3. The van der Waals surface area contributed by atoms with Gasteiger partial charge in [-0.2, -0.15) is 0 Å². The van der Waals surface area contributed by atoms with Crippen LogP contribution in [0.2, 0.25) is 0 Å². The fraction of sp³-hybridized carbons (Fsp3) is 0.364. The van der Waals surface area contributed by atoms with E-state index in [1.807, 2.05) is 25.2 Å². The van der Waals surface area contributed by atoms with Crippen molar-refractivity contribution in [2.24, 2.45) is 5.41 Å². The van der Waals surface area contributed by atoms with Gasteiger partial charge in [0.15, 0.2) is 0 Å². The van der Waals surface area contributed by atoms with Crippen LogP contribution < -0.4 is 9.96 Å². The number of benzene rings is 2. The van der Waals surface area contributed by atoms with Gasteiger partial charge >= 0.3 is 0 Å². The van der Waals surface area contributed by atoms with Gasteiger partial charge < -0.3 is 4.90 Å². The van der Waals surface area contributed by atoms with E-state index >= 15 is 0 Å². The number of hydroxylamine groups is 1. The zero-order chi connectivity index (χ0) is 20.1. The van der Waals surface area contributed by atoms with Gasteiger partial charge in [0.05, 0.1) is 22.2 Å². The molecule has 2 aromatic rings. The van der Waals surface area contributed by atoms with Gasteiger partial charge in [-0.05, 0) is 23.8 Å². The Morgan fingerprint density at radius 1 is 1.21 bits per heavy atom. The Hall–Kier alpha value is -2.86. The van der Waals surface area contributed by atoms with Crippen LogP contribution in [-0.2, 0) is 11.3 Å². The van der Waals surface area contributed by atoms with Gasteiger partial charge in [-0.3, -0.25) is 15.0 Å². The fourth-order valence-electron chi connectivity index (χ4n) is 4.10. The number of nitrogens with zero attached hydrogens (tertiary/aromatic N) is 3. The SMILES string of the molecule is CN(C)c1ccc(C=CC2ON3c4cccc([N+](=O)[O-])c4CC3C2(C)C)cc1. The first-order chi connectivity index (χ1) is 13.3. The molecule has 0 radical (unpaired) electrons. The third-order valence-electron chi connectivity index (χ3n) is 5.93. The molecule has 0 aromatic heterocycles. The summed E-state index contributed by atoms with van der Waals surface area (Å²) in [7, 11) is 4.05. The molecule has 0 aliphatic carbocycles. The maximum atomic E-state index is 11.4. The molecule has 0 N–H and O–H groups in total. The molecule has 1 saturated heterocycles. The first kappa shape index (κ1) is 18.5. The lowest BCUT2D eigenvalue weighted by molar-refractivity contribution is -0.385. The smallest absolute Gasteiger partial charge is 0.274 e. The highest BCUT2D eigenvalue weighted by atomic mass is 16.7. The number of nitro groups is 1. The van der Waals surface area contributed by atoms with Crippen molar-refractivity contribution in [3.8, 4) is 0 Å². The van der Waals surface area contributed by atoms with Crippen LogP contribution in [0.4, 0.5) is 17.1 Å². The number of nitro benzene ring substituents is 1. The predicted molar refractivity (Wildman–Crippen MR) is 112 cm³/mol. The van der Waals surface area contributed by atoms with E-state index in [4.69, 9.17) is 4.84 Å². The second kappa shape index (κ2) is 6.63. The average molecular weight is 379 g/mol. The summed E-state index contributed by atoms with van der Waals surface area (Å²) in [5.41, 5.74) is 3.87. The summed E-state index contributed by atoms with van der Waals surface area (Å²) < 4.78 is 0. The Labute approximate surface area is 165 Å². The summed E-state index contributed by atoms with van der Waals surface area (Å²) in [6.07, 6.45) is 4.71. The average Bonchev–Trinajstić information content (AvgIpc) is 3.15. The third kappa shape index (κ3) is 2.94. The highest BCUT2D eigenvalue weighted by Crippen LogP contribution is 2.50. The molecule has 6 heteroatoms. The van der Waals surface area contributed by atoms with Crippen LogP contribution in [0.5, 0.6) is 0 Å². The largest absolute Gasteiger partial charge is 0.378 e. The van der Waals surface area contributed by atoms with Gasteiger partial charge in [-0.1, -0.05) is 44.2 Å². The van der Waals surface area contributed by atoms with E-state index in [9.17, 15) is 10.1 Å². The van der Waals surface area contributed by atoms with E-state index in [2.05, 4.69) is 55.2 Å². The third-order valence-corrected chi connectivity index (χ3v) is 5.93. The molecule has 0 spiro atoms. The quantitative estimate of drug-likeness (QED) is 0.580. The zero-order valence-corrected chi connectivity index (χ0v) is 16.6. The van der Waals surface area contributed by atoms with Gasteiger partial charge in [-0.15, -0.1) is 0 Å². The van der Waals surface area contributed by atoms with Crippen molar-refractivity contribution in [2.75, 3.05) is 24.1 Å². The Bertz CT molecular complexity index is 935. The second-order valence-corrected chi connectivity index (χ2v) is 8.27. The van der Waals surface area contributed by atoms with E-state index in [1.54, 1.807) is 12.1 Å². The van der Waals surface area contributed by atoms with Gasteiger partial charge in [0, 0.05) is 37.7 Å². The van der Waals surface area contributed by atoms with Crippen LogP contribution in [0.1, 0.15) is 25.0 Å². The van der Waals surface area contributed by atoms with Gasteiger partial charge in [0.25, 0.3) is 5.69 Å². The lowest BCUT2D eigenvalue weighted by Gasteiger charge is -2.26. The van der Waals surface area contributed by atoms with E-state index in [0.29, 0.717) is 6.42 Å². The molecule has 0 bridgehead atoms. The highest BCUT2D eigenvalue weighted by molar-refractivity contribution is 5.67. The van der Waals surface area contributed by atoms with Crippen LogP contribution in [0, 0.1) is 15.5 Å². The first-order valence-corrected chi connectivity index (χ1v) is 9.47. The lowest BCUT2D eigenvalue weighted by Crippen LogP contribution is -2.36. The molecule has 146 valence electrons. The van der Waals surface area contributed by atoms with Crippen molar-refractivity contribution < 1.29 is 9.76 Å². The fourth-order valence-corrected chi connectivity index (χ4v) is 4.10. The van der Waals surface area contributed by atoms with E-state index < -0.39 is 0 Å². The first-order valence-electron chi connectivity index (χ1n) is 9.47. The van der Waals surface area contributed by atoms with Crippen molar-refractivity contribution >= 4 is 23.1 Å². The van der Waals surface area contributed by atoms with Crippen LogP contribution in [-0.4, -0.2) is 31.2 Å². The molecular formula is C22H25N3O3. The number of hydrogen-bond donors (Lipinski definition) is 0. The Morgan fingerprint density at radius 3 is 2.57 bits per heavy atom. The summed E-state index contributed by atoms with van der Waals surface area (Å²) >= 11 is 0. The van der Waals surface area contributed by atoms with Crippen LogP contribution >= 0.6 is 0 Å². The summed E-state index contributed by atoms with van der Waals surface area (Å²) in [6.45, 7) is 4.33. The minimum atomic E-state index is -0.303. The predicted octanol–water partition coefficient (Wildman–Crippen LogP) is 4.45. The molecule has 28 heavy (non-hydrogen) atoms. The Morgan fingerprint density at radius 2 is 1.93 bits per heavy atom. The molecule has 2 atom stereocenters. The molecule has 6 nitrogen and oxygen atoms in total. The molecule has 2 unspecified atom stereocenters. The minimum Gasteiger partial charge on any atom is -0.378 e. The van der Waals surface area contributed by atoms with E-state index in [0.717, 1.165) is 22.5 Å². The molecule has 0 amide bonds. The number of hydrogen-bond acceptors (Lipinski definition) is 5. The maximum absolute atomic E-state index is 11.4. The molecule has 2 aliphatic heterocycles. The van der Waals surface area contributed by atoms with E-state index in [1.165, 1.54) is 0 Å². The molecule has 2 aliphatic rings. The van der Waals surface area contributed by atoms with Crippen LogP contribution in [0.15, 0.2) is 48.5 Å². The van der Waals surface area contributed by atoms with Crippen LogP contribution in [0.25, 0.3) is 6.08 Å². The van der Waals surface area contributed by atoms with Crippen molar-refractivity contribution in [1.29, 1.82) is 0 Å². The monoisotopic (exact) mass is 379 g/mol. The molecule has 2 heterocycles. The molecular weight excluding hydrogens is 354 g/mol. The maximum Gasteiger partial charge on any atom is 0.274 e. The molecule has 2 aromatic carbocycles. The summed E-state index contributed by atoms with van der Waals surface area (Å²) in [5.74, 6) is 0. The summed E-state index contributed by atoms with van der Waals surface area (Å²) in [5, 5.41) is 13.2. The molecule has 4 rings (SSSR count). The topological polar surface area (TPSA) is 58.8 Å². The minimum absolute atomic E-state index is 0.0781. The lowest BCUT2D eigenvalue weighted by atomic mass is 9.78. The van der Waals surface area contributed by atoms with Crippen molar-refractivity contribution in [3.63, 3.8) is 0 Å². The summed E-state index contributed by atoms with van der Waals surface area (Å²) in [6, 6.07) is 13.6. The zero-order valence-electron chi connectivity index (χ0n) is 16.6. The van der Waals surface area contributed by atoms with Crippen LogP contribution in [0.3, 0.4) is 0 Å². The Balaban J connectivity index is 1.57. The van der Waals surface area contributed by atoms with E-state index in [-0.39, 0.29) is 28.2 Å². The number of rotatable bonds is 4. The highest BCUT2D eigenvalue weighted by Gasteiger charge is 2.53. The Kier molecular flexibility index (Phi) is 4.38. The summed E-state index contributed by atoms with van der Waals surface area (Å²) in [4.78, 5) is 19.4. The second-order valence-electron chi connectivity index (χ2n) is 8.27. The molecule has 0 saturated carbocycles.